The molecule has 0 saturated carbocycles. The van der Waals surface area contributed by atoms with Gasteiger partial charge in [-0.2, -0.15) is 0 Å². The first-order valence-electron chi connectivity index (χ1n) is 7.21. The van der Waals surface area contributed by atoms with Gasteiger partial charge in [0.2, 0.25) is 0 Å². The number of hydrogen-bond acceptors (Lipinski definition) is 3. The summed E-state index contributed by atoms with van der Waals surface area (Å²) in [6.45, 7) is 5.64. The number of carbonyl (C=O) groups excluding carboxylic acids is 2. The molecule has 0 bridgehead atoms. The van der Waals surface area contributed by atoms with Crippen LogP contribution in [-0.4, -0.2) is 22.8 Å². The second kappa shape index (κ2) is 7.37. The summed E-state index contributed by atoms with van der Waals surface area (Å²) in [4.78, 5) is 28.3. The molecule has 0 saturated heterocycles. The predicted molar refractivity (Wildman–Crippen MR) is 93.7 cm³/mol. The molecular weight excluding hydrogens is 358 g/mol. The van der Waals surface area contributed by atoms with Crippen molar-refractivity contribution in [1.82, 2.24) is 10.3 Å². The van der Waals surface area contributed by atoms with Gasteiger partial charge in [-0.05, 0) is 56.7 Å². The topological polar surface area (TPSA) is 71.1 Å². The number of benzene rings is 1. The largest absolute Gasteiger partial charge is 0.349 e. The second-order valence-corrected chi connectivity index (χ2v) is 6.39. The minimum Gasteiger partial charge on any atom is -0.349 e. The second-order valence-electron chi connectivity index (χ2n) is 5.47. The molecule has 2 N–H and O–H groups in total. The predicted octanol–water partition coefficient (Wildman–Crippen LogP) is 3.54. The van der Waals surface area contributed by atoms with E-state index in [1.807, 2.05) is 39.0 Å². The van der Waals surface area contributed by atoms with Crippen molar-refractivity contribution in [1.29, 1.82) is 0 Å². The third-order valence-corrected chi connectivity index (χ3v) is 3.60. The third-order valence-electron chi connectivity index (χ3n) is 3.11. The van der Waals surface area contributed by atoms with Crippen LogP contribution in [0.25, 0.3) is 0 Å². The first-order valence-corrected chi connectivity index (χ1v) is 8.00. The van der Waals surface area contributed by atoms with Crippen LogP contribution in [0.3, 0.4) is 0 Å². The van der Waals surface area contributed by atoms with Gasteiger partial charge >= 0.3 is 0 Å². The summed E-state index contributed by atoms with van der Waals surface area (Å²) < 4.78 is 0.949. The Kier molecular flexibility index (Phi) is 5.50. The number of halogens is 1. The van der Waals surface area contributed by atoms with Gasteiger partial charge in [-0.3, -0.25) is 14.6 Å². The van der Waals surface area contributed by atoms with Crippen molar-refractivity contribution in [2.45, 2.75) is 26.8 Å². The summed E-state index contributed by atoms with van der Waals surface area (Å²) in [7, 11) is 0. The van der Waals surface area contributed by atoms with E-state index in [4.69, 9.17) is 0 Å². The smallest absolute Gasteiger partial charge is 0.270 e. The highest BCUT2D eigenvalue weighted by Gasteiger charge is 2.13. The Morgan fingerprint density at radius 3 is 2.52 bits per heavy atom. The number of rotatable bonds is 4. The van der Waals surface area contributed by atoms with E-state index in [9.17, 15) is 9.59 Å². The summed E-state index contributed by atoms with van der Waals surface area (Å²) in [5, 5.41) is 5.59. The van der Waals surface area contributed by atoms with Gasteiger partial charge < -0.3 is 10.6 Å². The van der Waals surface area contributed by atoms with E-state index in [2.05, 4.69) is 31.5 Å². The van der Waals surface area contributed by atoms with E-state index in [1.165, 1.54) is 12.3 Å². The van der Waals surface area contributed by atoms with Gasteiger partial charge in [-0.15, -0.1) is 0 Å². The number of aryl methyl sites for hydroxylation is 1. The Labute approximate surface area is 143 Å². The van der Waals surface area contributed by atoms with Crippen LogP contribution in [0.15, 0.2) is 41.0 Å². The van der Waals surface area contributed by atoms with Crippen molar-refractivity contribution in [2.24, 2.45) is 0 Å². The number of nitrogens with zero attached hydrogens (tertiary/aromatic N) is 1. The molecule has 1 aromatic heterocycles. The maximum atomic E-state index is 12.4. The molecule has 2 aromatic rings. The Morgan fingerprint density at radius 1 is 1.13 bits per heavy atom. The van der Waals surface area contributed by atoms with E-state index < -0.39 is 0 Å². The first kappa shape index (κ1) is 17.1. The molecule has 0 atom stereocenters. The molecule has 5 nitrogen and oxygen atoms in total. The summed E-state index contributed by atoms with van der Waals surface area (Å²) in [6, 6.07) is 8.68. The van der Waals surface area contributed by atoms with Crippen LogP contribution < -0.4 is 10.6 Å². The number of carbonyl (C=O) groups is 2. The summed E-state index contributed by atoms with van der Waals surface area (Å²) in [5.74, 6) is -0.578. The molecule has 1 heterocycles. The number of anilines is 1. The fourth-order valence-corrected chi connectivity index (χ4v) is 2.47. The van der Waals surface area contributed by atoms with Crippen LogP contribution in [0.5, 0.6) is 0 Å². The Morgan fingerprint density at radius 2 is 1.87 bits per heavy atom. The third kappa shape index (κ3) is 4.63. The van der Waals surface area contributed by atoms with Crippen LogP contribution in [0.4, 0.5) is 5.69 Å². The van der Waals surface area contributed by atoms with Gasteiger partial charge in [0.05, 0.1) is 0 Å². The van der Waals surface area contributed by atoms with E-state index in [1.54, 1.807) is 6.07 Å². The summed E-state index contributed by atoms with van der Waals surface area (Å²) >= 11 is 3.39. The maximum Gasteiger partial charge on any atom is 0.270 e. The molecule has 0 spiro atoms. The van der Waals surface area contributed by atoms with Crippen LogP contribution in [0.2, 0.25) is 0 Å². The first-order chi connectivity index (χ1) is 10.9. The monoisotopic (exact) mass is 375 g/mol. The molecular formula is C17H18BrN3O2. The van der Waals surface area contributed by atoms with Crippen molar-refractivity contribution >= 4 is 33.4 Å². The molecule has 6 heteroatoms. The summed E-state index contributed by atoms with van der Waals surface area (Å²) in [6.07, 6.45) is 1.46. The van der Waals surface area contributed by atoms with Crippen molar-refractivity contribution in [2.75, 3.05) is 5.32 Å². The van der Waals surface area contributed by atoms with Gasteiger partial charge in [-0.25, -0.2) is 0 Å². The molecule has 2 amide bonds. The molecule has 0 unspecified atom stereocenters. The highest BCUT2D eigenvalue weighted by Crippen LogP contribution is 2.20. The van der Waals surface area contributed by atoms with Gasteiger partial charge in [0.25, 0.3) is 11.8 Å². The number of amides is 2. The highest BCUT2D eigenvalue weighted by atomic mass is 79.9. The minimum atomic E-state index is -0.297. The lowest BCUT2D eigenvalue weighted by atomic mass is 10.1. The van der Waals surface area contributed by atoms with Gasteiger partial charge in [-0.1, -0.05) is 15.9 Å². The van der Waals surface area contributed by atoms with E-state index in [0.29, 0.717) is 5.56 Å². The minimum absolute atomic E-state index is 0.00666. The van der Waals surface area contributed by atoms with E-state index in [0.717, 1.165) is 15.7 Å². The van der Waals surface area contributed by atoms with Crippen LogP contribution >= 0.6 is 15.9 Å². The van der Waals surface area contributed by atoms with Crippen LogP contribution in [0.1, 0.15) is 40.3 Å². The van der Waals surface area contributed by atoms with Crippen molar-refractivity contribution in [3.8, 4) is 0 Å². The molecule has 0 fully saturated rings. The van der Waals surface area contributed by atoms with Crippen molar-refractivity contribution < 1.29 is 9.59 Å². The van der Waals surface area contributed by atoms with Gasteiger partial charge in [0.15, 0.2) is 0 Å². The lowest BCUT2D eigenvalue weighted by Gasteiger charge is -2.10. The average Bonchev–Trinajstić information content (AvgIpc) is 2.49. The molecule has 0 aliphatic carbocycles. The summed E-state index contributed by atoms with van der Waals surface area (Å²) in [5.41, 5.74) is 2.28. The number of aromatic nitrogens is 1. The Hall–Kier alpha value is -2.21. The fraction of sp³-hybridized carbons (Fsp3) is 0.235. The van der Waals surface area contributed by atoms with Gasteiger partial charge in [0.1, 0.15) is 5.69 Å². The molecule has 23 heavy (non-hydrogen) atoms. The molecule has 0 aliphatic rings. The Bertz CT molecular complexity index is 744. The molecule has 2 rings (SSSR count). The van der Waals surface area contributed by atoms with Crippen molar-refractivity contribution in [3.63, 3.8) is 0 Å². The van der Waals surface area contributed by atoms with E-state index >= 15 is 0 Å². The highest BCUT2D eigenvalue weighted by molar-refractivity contribution is 9.10. The zero-order chi connectivity index (χ0) is 17.0. The number of pyridine rings is 1. The lowest BCUT2D eigenvalue weighted by molar-refractivity contribution is 0.0938. The molecule has 0 radical (unpaired) electrons. The van der Waals surface area contributed by atoms with E-state index in [-0.39, 0.29) is 23.6 Å². The molecule has 120 valence electrons. The zero-order valence-electron chi connectivity index (χ0n) is 13.2. The standard InChI is InChI=1S/C17H18BrN3O2/c1-10(2)20-17(23)15-9-12(6-7-19-15)16(22)21-14-5-4-13(18)8-11(14)3/h4-10H,1-3H3,(H,20,23)(H,21,22). The number of hydrogen-bond donors (Lipinski definition) is 2. The molecule has 1 aromatic carbocycles. The van der Waals surface area contributed by atoms with Gasteiger partial charge in [0, 0.05) is 28.0 Å². The Balaban J connectivity index is 2.18. The number of nitrogens with one attached hydrogen (secondary N) is 2. The van der Waals surface area contributed by atoms with Crippen LogP contribution in [-0.2, 0) is 0 Å². The molecule has 0 aliphatic heterocycles. The maximum absolute atomic E-state index is 12.4. The normalized spacial score (nSPS) is 10.5. The SMILES string of the molecule is Cc1cc(Br)ccc1NC(=O)c1ccnc(C(=O)NC(C)C)c1. The fourth-order valence-electron chi connectivity index (χ4n) is 1.99. The van der Waals surface area contributed by atoms with Crippen LogP contribution in [0, 0.1) is 6.92 Å². The van der Waals surface area contributed by atoms with Crippen molar-refractivity contribution in [3.05, 3.63) is 57.8 Å². The average molecular weight is 376 g/mol. The quantitative estimate of drug-likeness (QED) is 0.858. The zero-order valence-corrected chi connectivity index (χ0v) is 14.8. The lowest BCUT2D eigenvalue weighted by Crippen LogP contribution is -2.31.